The van der Waals surface area contributed by atoms with Gasteiger partial charge < -0.3 is 9.84 Å². The van der Waals surface area contributed by atoms with Gasteiger partial charge in [0, 0.05) is 18.1 Å². The van der Waals surface area contributed by atoms with E-state index in [2.05, 4.69) is 4.90 Å². The topological polar surface area (TPSA) is 32.7 Å². The van der Waals surface area contributed by atoms with Crippen LogP contribution < -0.4 is 4.74 Å². The molecule has 2 aromatic carbocycles. The van der Waals surface area contributed by atoms with E-state index < -0.39 is 0 Å². The minimum Gasteiger partial charge on any atom is -0.457 e. The first-order chi connectivity index (χ1) is 9.67. The molecule has 0 spiro atoms. The van der Waals surface area contributed by atoms with Crippen molar-refractivity contribution >= 4 is 11.6 Å². The Kier molecular flexibility index (Phi) is 5.41. The number of rotatable bonds is 6. The Bertz CT molecular complexity index is 542. The average molecular weight is 292 g/mol. The highest BCUT2D eigenvalue weighted by Gasteiger charge is 2.02. The van der Waals surface area contributed by atoms with E-state index >= 15 is 0 Å². The number of hydrogen-bond acceptors (Lipinski definition) is 3. The molecule has 0 unspecified atom stereocenters. The van der Waals surface area contributed by atoms with Crippen molar-refractivity contribution in [3.63, 3.8) is 0 Å². The summed E-state index contributed by atoms with van der Waals surface area (Å²) >= 11 is 5.85. The molecule has 0 heterocycles. The van der Waals surface area contributed by atoms with Crippen molar-refractivity contribution in [3.05, 3.63) is 59.1 Å². The summed E-state index contributed by atoms with van der Waals surface area (Å²) in [4.78, 5) is 2.06. The lowest BCUT2D eigenvalue weighted by molar-refractivity contribution is 0.217. The molecule has 2 rings (SSSR count). The largest absolute Gasteiger partial charge is 0.457 e. The number of halogens is 1. The summed E-state index contributed by atoms with van der Waals surface area (Å²) in [7, 11) is 1.98. The quantitative estimate of drug-likeness (QED) is 0.883. The second kappa shape index (κ2) is 7.29. The van der Waals surface area contributed by atoms with Gasteiger partial charge in [0.05, 0.1) is 6.61 Å². The van der Waals surface area contributed by atoms with Crippen LogP contribution >= 0.6 is 11.6 Å². The predicted molar refractivity (Wildman–Crippen MR) is 81.4 cm³/mol. The zero-order valence-electron chi connectivity index (χ0n) is 11.4. The summed E-state index contributed by atoms with van der Waals surface area (Å²) in [6.07, 6.45) is 0. The van der Waals surface area contributed by atoms with Gasteiger partial charge in [-0.3, -0.25) is 4.90 Å². The lowest BCUT2D eigenvalue weighted by Crippen LogP contribution is -2.21. The van der Waals surface area contributed by atoms with Crippen molar-refractivity contribution in [1.82, 2.24) is 4.90 Å². The van der Waals surface area contributed by atoms with Crippen molar-refractivity contribution in [3.8, 4) is 11.5 Å². The van der Waals surface area contributed by atoms with E-state index in [1.54, 1.807) is 12.1 Å². The molecule has 0 fully saturated rings. The molecule has 106 valence electrons. The van der Waals surface area contributed by atoms with Gasteiger partial charge in [0.25, 0.3) is 0 Å². The number of hydrogen-bond donors (Lipinski definition) is 1. The zero-order chi connectivity index (χ0) is 14.4. The van der Waals surface area contributed by atoms with Crippen LogP contribution in [0.15, 0.2) is 48.5 Å². The van der Waals surface area contributed by atoms with Gasteiger partial charge in [-0.05, 0) is 49.0 Å². The maximum atomic E-state index is 8.91. The standard InChI is InChI=1S/C16H18ClNO2/c1-18(9-10-19)12-13-3-2-4-16(11-13)20-15-7-5-14(17)6-8-15/h2-8,11,19H,9-10,12H2,1H3. The van der Waals surface area contributed by atoms with Crippen molar-refractivity contribution < 1.29 is 9.84 Å². The highest BCUT2D eigenvalue weighted by Crippen LogP contribution is 2.24. The molecule has 0 saturated heterocycles. The van der Waals surface area contributed by atoms with Crippen LogP contribution in [0.5, 0.6) is 11.5 Å². The lowest BCUT2D eigenvalue weighted by Gasteiger charge is -2.15. The first-order valence-corrected chi connectivity index (χ1v) is 6.87. The van der Waals surface area contributed by atoms with E-state index in [1.807, 2.05) is 43.4 Å². The van der Waals surface area contributed by atoms with Gasteiger partial charge in [-0.15, -0.1) is 0 Å². The number of likely N-dealkylation sites (N-methyl/N-ethyl adjacent to an activating group) is 1. The van der Waals surface area contributed by atoms with Crippen LogP contribution in [0, 0.1) is 0 Å². The first-order valence-electron chi connectivity index (χ1n) is 6.49. The van der Waals surface area contributed by atoms with Crippen molar-refractivity contribution in [2.24, 2.45) is 0 Å². The number of aliphatic hydroxyl groups excluding tert-OH is 1. The van der Waals surface area contributed by atoms with Gasteiger partial charge in [0.2, 0.25) is 0 Å². The molecule has 2 aromatic rings. The summed E-state index contributed by atoms with van der Waals surface area (Å²) in [5.74, 6) is 1.55. The van der Waals surface area contributed by atoms with Crippen molar-refractivity contribution in [1.29, 1.82) is 0 Å². The molecule has 0 radical (unpaired) electrons. The number of nitrogens with zero attached hydrogens (tertiary/aromatic N) is 1. The fourth-order valence-electron chi connectivity index (χ4n) is 1.91. The Hall–Kier alpha value is -1.55. The molecule has 1 N–H and O–H groups in total. The molecule has 0 aromatic heterocycles. The Morgan fingerprint density at radius 3 is 2.55 bits per heavy atom. The van der Waals surface area contributed by atoms with Gasteiger partial charge in [-0.1, -0.05) is 23.7 Å². The Balaban J connectivity index is 2.03. The van der Waals surface area contributed by atoms with Gasteiger partial charge in [-0.25, -0.2) is 0 Å². The normalized spacial score (nSPS) is 10.8. The lowest BCUT2D eigenvalue weighted by atomic mass is 10.2. The SMILES string of the molecule is CN(CCO)Cc1cccc(Oc2ccc(Cl)cc2)c1. The third kappa shape index (κ3) is 4.53. The van der Waals surface area contributed by atoms with E-state index in [-0.39, 0.29) is 6.61 Å². The monoisotopic (exact) mass is 291 g/mol. The highest BCUT2D eigenvalue weighted by atomic mass is 35.5. The number of ether oxygens (including phenoxy) is 1. The number of aliphatic hydroxyl groups is 1. The fourth-order valence-corrected chi connectivity index (χ4v) is 2.03. The summed E-state index contributed by atoms with van der Waals surface area (Å²) in [5.41, 5.74) is 1.15. The fraction of sp³-hybridized carbons (Fsp3) is 0.250. The summed E-state index contributed by atoms with van der Waals surface area (Å²) in [6, 6.07) is 15.2. The molecule has 0 atom stereocenters. The Morgan fingerprint density at radius 1 is 1.10 bits per heavy atom. The second-order valence-corrected chi connectivity index (χ2v) is 5.10. The second-order valence-electron chi connectivity index (χ2n) is 4.66. The third-order valence-corrected chi connectivity index (χ3v) is 3.13. The van der Waals surface area contributed by atoms with Crippen molar-refractivity contribution in [2.45, 2.75) is 6.54 Å². The highest BCUT2D eigenvalue weighted by molar-refractivity contribution is 6.30. The van der Waals surface area contributed by atoms with E-state index in [0.717, 1.165) is 23.6 Å². The Morgan fingerprint density at radius 2 is 1.85 bits per heavy atom. The molecule has 0 bridgehead atoms. The number of benzene rings is 2. The van der Waals surface area contributed by atoms with E-state index in [1.165, 1.54) is 0 Å². The van der Waals surface area contributed by atoms with Crippen LogP contribution in [0.3, 0.4) is 0 Å². The molecule has 4 heteroatoms. The molecule has 0 saturated carbocycles. The van der Waals surface area contributed by atoms with E-state index in [4.69, 9.17) is 21.4 Å². The summed E-state index contributed by atoms with van der Waals surface area (Å²) in [6.45, 7) is 1.60. The molecular formula is C16H18ClNO2. The molecule has 0 aliphatic heterocycles. The molecule has 0 amide bonds. The minimum absolute atomic E-state index is 0.164. The van der Waals surface area contributed by atoms with Gasteiger partial charge in [0.1, 0.15) is 11.5 Å². The van der Waals surface area contributed by atoms with E-state index in [9.17, 15) is 0 Å². The van der Waals surface area contributed by atoms with Crippen LogP contribution in [-0.2, 0) is 6.54 Å². The molecule has 0 aliphatic rings. The average Bonchev–Trinajstić information content (AvgIpc) is 2.42. The molecule has 20 heavy (non-hydrogen) atoms. The Labute approximate surface area is 124 Å². The van der Waals surface area contributed by atoms with Crippen LogP contribution in [0.4, 0.5) is 0 Å². The smallest absolute Gasteiger partial charge is 0.127 e. The van der Waals surface area contributed by atoms with Gasteiger partial charge in [-0.2, -0.15) is 0 Å². The first kappa shape index (κ1) is 14.9. The maximum Gasteiger partial charge on any atom is 0.127 e. The third-order valence-electron chi connectivity index (χ3n) is 2.88. The molecule has 0 aliphatic carbocycles. The van der Waals surface area contributed by atoms with Crippen LogP contribution in [-0.4, -0.2) is 30.2 Å². The van der Waals surface area contributed by atoms with Crippen molar-refractivity contribution in [2.75, 3.05) is 20.2 Å². The van der Waals surface area contributed by atoms with Gasteiger partial charge in [0.15, 0.2) is 0 Å². The molecule has 3 nitrogen and oxygen atoms in total. The summed E-state index contributed by atoms with van der Waals surface area (Å²) < 4.78 is 5.79. The van der Waals surface area contributed by atoms with Gasteiger partial charge >= 0.3 is 0 Å². The maximum absolute atomic E-state index is 8.91. The zero-order valence-corrected chi connectivity index (χ0v) is 12.2. The molecular weight excluding hydrogens is 274 g/mol. The minimum atomic E-state index is 0.164. The van der Waals surface area contributed by atoms with Crippen LogP contribution in [0.1, 0.15) is 5.56 Å². The van der Waals surface area contributed by atoms with Crippen LogP contribution in [0.25, 0.3) is 0 Å². The summed E-state index contributed by atoms with van der Waals surface area (Å²) in [5, 5.41) is 9.60. The van der Waals surface area contributed by atoms with E-state index in [0.29, 0.717) is 11.6 Å². The predicted octanol–water partition coefficient (Wildman–Crippen LogP) is 3.56. The van der Waals surface area contributed by atoms with Crippen LogP contribution in [0.2, 0.25) is 5.02 Å².